The van der Waals surface area contributed by atoms with Crippen LogP contribution in [0, 0.1) is 6.92 Å². The van der Waals surface area contributed by atoms with E-state index in [0.717, 1.165) is 0 Å². The van der Waals surface area contributed by atoms with E-state index in [1.807, 2.05) is 0 Å². The molecule has 0 spiro atoms. The normalized spacial score (nSPS) is 11.0. The van der Waals surface area contributed by atoms with Gasteiger partial charge in [-0.3, -0.25) is 9.36 Å². The number of hydrogen-bond donors (Lipinski definition) is 0. The minimum absolute atomic E-state index is 0.349. The zero-order valence-corrected chi connectivity index (χ0v) is 9.51. The summed E-state index contributed by atoms with van der Waals surface area (Å²) in [6.45, 7) is 1.76. The SMILES string of the molecule is COn1c(=O)c2c(nc(C)n2C)n(C)c1=O. The van der Waals surface area contributed by atoms with E-state index >= 15 is 0 Å². The van der Waals surface area contributed by atoms with Crippen LogP contribution in [0.3, 0.4) is 0 Å². The molecule has 0 bridgehead atoms. The summed E-state index contributed by atoms with van der Waals surface area (Å²) in [5.74, 6) is 0.663. The fourth-order valence-electron chi connectivity index (χ4n) is 1.64. The van der Waals surface area contributed by atoms with Gasteiger partial charge in [0.05, 0.1) is 0 Å². The van der Waals surface area contributed by atoms with Gasteiger partial charge in [0.2, 0.25) is 0 Å². The summed E-state index contributed by atoms with van der Waals surface area (Å²) >= 11 is 0. The van der Waals surface area contributed by atoms with Crippen molar-refractivity contribution in [2.75, 3.05) is 7.11 Å². The predicted octanol–water partition coefficient (Wildman–Crippen LogP) is -1.20. The van der Waals surface area contributed by atoms with E-state index < -0.39 is 11.2 Å². The van der Waals surface area contributed by atoms with E-state index in [-0.39, 0.29) is 0 Å². The van der Waals surface area contributed by atoms with Gasteiger partial charge in [-0.25, -0.2) is 9.78 Å². The van der Waals surface area contributed by atoms with Gasteiger partial charge in [0.25, 0.3) is 0 Å². The summed E-state index contributed by atoms with van der Waals surface area (Å²) in [6, 6.07) is 0. The summed E-state index contributed by atoms with van der Waals surface area (Å²) < 4.78 is 3.63. The summed E-state index contributed by atoms with van der Waals surface area (Å²) in [5.41, 5.74) is -0.327. The van der Waals surface area contributed by atoms with Crippen molar-refractivity contribution < 1.29 is 4.84 Å². The molecule has 2 heterocycles. The maximum Gasteiger partial charge on any atom is 0.366 e. The second-order valence-electron chi connectivity index (χ2n) is 3.51. The molecule has 0 fully saturated rings. The Morgan fingerprint density at radius 2 is 1.81 bits per heavy atom. The Hall–Kier alpha value is -2.05. The van der Waals surface area contributed by atoms with Gasteiger partial charge < -0.3 is 9.40 Å². The van der Waals surface area contributed by atoms with Crippen molar-refractivity contribution >= 4 is 11.2 Å². The van der Waals surface area contributed by atoms with Crippen molar-refractivity contribution in [2.24, 2.45) is 14.1 Å². The van der Waals surface area contributed by atoms with Crippen LogP contribution >= 0.6 is 0 Å². The first-order valence-electron chi connectivity index (χ1n) is 4.68. The first-order valence-corrected chi connectivity index (χ1v) is 4.68. The standard InChI is InChI=1S/C9H12N4O3/c1-5-10-7-6(11(5)2)8(14)13(16-4)9(15)12(7)3/h1-4H3. The van der Waals surface area contributed by atoms with Crippen molar-refractivity contribution in [3.05, 3.63) is 26.7 Å². The van der Waals surface area contributed by atoms with Crippen molar-refractivity contribution in [1.29, 1.82) is 0 Å². The first kappa shape index (κ1) is 10.5. The van der Waals surface area contributed by atoms with E-state index in [9.17, 15) is 9.59 Å². The third-order valence-corrected chi connectivity index (χ3v) is 2.65. The maximum atomic E-state index is 11.9. The number of fused-ring (bicyclic) bond motifs is 1. The third-order valence-electron chi connectivity index (χ3n) is 2.65. The highest BCUT2D eigenvalue weighted by Crippen LogP contribution is 2.06. The molecule has 0 radical (unpaired) electrons. The van der Waals surface area contributed by atoms with Gasteiger partial charge in [0.15, 0.2) is 11.2 Å². The number of hydrogen-bond acceptors (Lipinski definition) is 4. The van der Waals surface area contributed by atoms with E-state index in [0.29, 0.717) is 21.7 Å². The van der Waals surface area contributed by atoms with Crippen LogP contribution in [0.5, 0.6) is 0 Å². The highest BCUT2D eigenvalue weighted by molar-refractivity contribution is 5.70. The smallest absolute Gasteiger partial charge is 0.366 e. The molecule has 0 saturated heterocycles. The highest BCUT2D eigenvalue weighted by atomic mass is 16.7. The van der Waals surface area contributed by atoms with Crippen LogP contribution in [0.4, 0.5) is 0 Å². The molecule has 0 N–H and O–H groups in total. The van der Waals surface area contributed by atoms with E-state index in [2.05, 4.69) is 4.98 Å². The molecule has 0 aliphatic carbocycles. The third kappa shape index (κ3) is 1.11. The van der Waals surface area contributed by atoms with Gasteiger partial charge >= 0.3 is 11.2 Å². The van der Waals surface area contributed by atoms with Gasteiger partial charge in [0, 0.05) is 14.1 Å². The molecule has 0 unspecified atom stereocenters. The minimum atomic E-state index is -0.543. The summed E-state index contributed by atoms with van der Waals surface area (Å²) in [5, 5.41) is 0. The zero-order chi connectivity index (χ0) is 12.0. The number of imidazole rings is 1. The molecule has 0 amide bonds. The van der Waals surface area contributed by atoms with Crippen molar-refractivity contribution in [1.82, 2.24) is 18.8 Å². The molecule has 2 aromatic rings. The summed E-state index contributed by atoms with van der Waals surface area (Å²) in [7, 11) is 4.54. The Bertz CT molecular complexity index is 677. The first-order chi connectivity index (χ1) is 7.49. The van der Waals surface area contributed by atoms with Gasteiger partial charge in [-0.1, -0.05) is 4.73 Å². The molecule has 0 aliphatic heterocycles. The molecule has 0 atom stereocenters. The van der Waals surface area contributed by atoms with Gasteiger partial charge in [-0.15, -0.1) is 0 Å². The zero-order valence-electron chi connectivity index (χ0n) is 9.51. The van der Waals surface area contributed by atoms with Crippen LogP contribution in [-0.2, 0) is 14.1 Å². The van der Waals surface area contributed by atoms with Gasteiger partial charge in [-0.2, -0.15) is 0 Å². The molecule has 2 aromatic heterocycles. The lowest BCUT2D eigenvalue weighted by Crippen LogP contribution is -2.42. The average Bonchev–Trinajstić information content (AvgIpc) is 2.54. The fraction of sp³-hybridized carbons (Fsp3) is 0.444. The lowest BCUT2D eigenvalue weighted by atomic mass is 10.5. The van der Waals surface area contributed by atoms with Crippen LogP contribution in [0.25, 0.3) is 11.2 Å². The van der Waals surface area contributed by atoms with Gasteiger partial charge in [0.1, 0.15) is 12.9 Å². The predicted molar refractivity (Wildman–Crippen MR) is 57.5 cm³/mol. The maximum absolute atomic E-state index is 11.9. The van der Waals surface area contributed by atoms with Crippen LogP contribution in [0.15, 0.2) is 9.59 Å². The van der Waals surface area contributed by atoms with Crippen molar-refractivity contribution in [3.8, 4) is 0 Å². The minimum Gasteiger partial charge on any atom is -0.409 e. The van der Waals surface area contributed by atoms with E-state index in [1.165, 1.54) is 11.7 Å². The quantitative estimate of drug-likeness (QED) is 0.610. The van der Waals surface area contributed by atoms with E-state index in [1.54, 1.807) is 25.6 Å². The number of rotatable bonds is 1. The molecule has 7 heteroatoms. The fourth-order valence-corrected chi connectivity index (χ4v) is 1.64. The summed E-state index contributed by atoms with van der Waals surface area (Å²) in [4.78, 5) is 32.6. The Balaban J connectivity index is 3.15. The molecule has 0 aromatic carbocycles. The molecule has 7 nitrogen and oxygen atoms in total. The molecule has 0 aliphatic rings. The Morgan fingerprint density at radius 1 is 1.19 bits per heavy atom. The number of nitrogens with zero attached hydrogens (tertiary/aromatic N) is 4. The van der Waals surface area contributed by atoms with Crippen LogP contribution in [-0.4, -0.2) is 26.0 Å². The molecule has 2 rings (SSSR count). The average molecular weight is 224 g/mol. The largest absolute Gasteiger partial charge is 0.409 e. The number of aryl methyl sites for hydroxylation is 3. The van der Waals surface area contributed by atoms with Crippen LogP contribution in [0.2, 0.25) is 0 Å². The topological polar surface area (TPSA) is 71.1 Å². The molecular weight excluding hydrogens is 212 g/mol. The van der Waals surface area contributed by atoms with Crippen LogP contribution in [0.1, 0.15) is 5.82 Å². The monoisotopic (exact) mass is 224 g/mol. The Labute approximate surface area is 90.5 Å². The second-order valence-corrected chi connectivity index (χ2v) is 3.51. The lowest BCUT2D eigenvalue weighted by molar-refractivity contribution is 0.142. The van der Waals surface area contributed by atoms with Gasteiger partial charge in [-0.05, 0) is 6.92 Å². The number of aromatic nitrogens is 4. The Morgan fingerprint density at radius 3 is 2.38 bits per heavy atom. The highest BCUT2D eigenvalue weighted by Gasteiger charge is 2.16. The van der Waals surface area contributed by atoms with Crippen molar-refractivity contribution in [2.45, 2.75) is 6.92 Å². The van der Waals surface area contributed by atoms with E-state index in [4.69, 9.17) is 4.84 Å². The molecular formula is C9H12N4O3. The molecule has 86 valence electrons. The lowest BCUT2D eigenvalue weighted by Gasteiger charge is -2.05. The van der Waals surface area contributed by atoms with Crippen molar-refractivity contribution in [3.63, 3.8) is 0 Å². The molecule has 16 heavy (non-hydrogen) atoms. The molecule has 0 saturated carbocycles. The summed E-state index contributed by atoms with van der Waals surface area (Å²) in [6.07, 6.45) is 0. The second kappa shape index (κ2) is 3.22. The van der Waals surface area contributed by atoms with Crippen LogP contribution < -0.4 is 16.1 Å². The Kier molecular flexibility index (Phi) is 2.11.